The number of piperidine rings is 1. The Balaban J connectivity index is 1.84. The molecule has 1 aromatic rings. The maximum Gasteiger partial charge on any atom is 0.333 e. The Kier molecular flexibility index (Phi) is 3.74. The van der Waals surface area contributed by atoms with Crippen molar-refractivity contribution in [3.05, 3.63) is 41.6 Å². The molecular formula is C16H20N2O2. The van der Waals surface area contributed by atoms with Gasteiger partial charge in [-0.2, -0.15) is 0 Å². The molecule has 2 heterocycles. The van der Waals surface area contributed by atoms with Gasteiger partial charge in [-0.25, -0.2) is 4.79 Å². The van der Waals surface area contributed by atoms with Crippen molar-refractivity contribution in [2.24, 2.45) is 5.92 Å². The molecule has 20 heavy (non-hydrogen) atoms. The topological polar surface area (TPSA) is 52.6 Å². The van der Waals surface area contributed by atoms with Crippen molar-refractivity contribution in [1.29, 1.82) is 0 Å². The summed E-state index contributed by atoms with van der Waals surface area (Å²) < 4.78 is 0. The first-order chi connectivity index (χ1) is 9.74. The average molecular weight is 272 g/mol. The van der Waals surface area contributed by atoms with Crippen LogP contribution in [0.1, 0.15) is 18.4 Å². The highest BCUT2D eigenvalue weighted by Crippen LogP contribution is 2.30. The van der Waals surface area contributed by atoms with Gasteiger partial charge < -0.3 is 15.3 Å². The largest absolute Gasteiger partial charge is 0.478 e. The number of benzene rings is 1. The quantitative estimate of drug-likeness (QED) is 0.884. The lowest BCUT2D eigenvalue weighted by atomic mass is 9.94. The van der Waals surface area contributed by atoms with Gasteiger partial charge in [0.25, 0.3) is 0 Å². The predicted octanol–water partition coefficient (Wildman–Crippen LogP) is 2.02. The van der Waals surface area contributed by atoms with E-state index >= 15 is 0 Å². The lowest BCUT2D eigenvalue weighted by molar-refractivity contribution is -0.132. The minimum absolute atomic E-state index is 0.484. The van der Waals surface area contributed by atoms with E-state index in [1.807, 2.05) is 24.4 Å². The number of hydrogen-bond acceptors (Lipinski definition) is 3. The van der Waals surface area contributed by atoms with Crippen molar-refractivity contribution in [1.82, 2.24) is 5.32 Å². The van der Waals surface area contributed by atoms with Crippen molar-refractivity contribution >= 4 is 11.7 Å². The molecule has 1 saturated heterocycles. The Morgan fingerprint density at radius 1 is 1.30 bits per heavy atom. The third-order valence-corrected chi connectivity index (χ3v) is 4.18. The summed E-state index contributed by atoms with van der Waals surface area (Å²) in [6.45, 7) is 3.04. The number of nitrogens with zero attached hydrogens (tertiary/aromatic N) is 1. The third-order valence-electron chi connectivity index (χ3n) is 4.18. The van der Waals surface area contributed by atoms with Crippen LogP contribution >= 0.6 is 0 Å². The molecule has 0 spiro atoms. The SMILES string of the molecule is O=C(O)C1=CN(CC2CCNCC2)c2ccccc2C1. The Morgan fingerprint density at radius 3 is 2.80 bits per heavy atom. The van der Waals surface area contributed by atoms with E-state index in [9.17, 15) is 9.90 Å². The number of carbonyl (C=O) groups is 1. The molecule has 0 aromatic heterocycles. The van der Waals surface area contributed by atoms with Gasteiger partial charge in [0.2, 0.25) is 0 Å². The van der Waals surface area contributed by atoms with Crippen LogP contribution in [0.5, 0.6) is 0 Å². The fraction of sp³-hybridized carbons (Fsp3) is 0.438. The monoisotopic (exact) mass is 272 g/mol. The van der Waals surface area contributed by atoms with Gasteiger partial charge in [0.15, 0.2) is 0 Å². The molecule has 0 radical (unpaired) electrons. The van der Waals surface area contributed by atoms with Crippen LogP contribution in [-0.4, -0.2) is 30.7 Å². The zero-order valence-corrected chi connectivity index (χ0v) is 11.5. The van der Waals surface area contributed by atoms with Crippen molar-refractivity contribution in [3.63, 3.8) is 0 Å². The van der Waals surface area contributed by atoms with Gasteiger partial charge in [0.05, 0.1) is 5.57 Å². The van der Waals surface area contributed by atoms with E-state index in [1.165, 1.54) is 0 Å². The van der Waals surface area contributed by atoms with E-state index in [0.717, 1.165) is 43.7 Å². The fourth-order valence-corrected chi connectivity index (χ4v) is 3.07. The Labute approximate surface area is 119 Å². The van der Waals surface area contributed by atoms with E-state index in [-0.39, 0.29) is 0 Å². The first-order valence-corrected chi connectivity index (χ1v) is 7.23. The van der Waals surface area contributed by atoms with Gasteiger partial charge in [-0.05, 0) is 43.5 Å². The lowest BCUT2D eigenvalue weighted by Gasteiger charge is -2.33. The zero-order chi connectivity index (χ0) is 13.9. The predicted molar refractivity (Wildman–Crippen MR) is 78.8 cm³/mol. The molecule has 4 heteroatoms. The molecule has 0 aliphatic carbocycles. The molecule has 0 atom stereocenters. The second-order valence-corrected chi connectivity index (χ2v) is 5.61. The molecule has 0 unspecified atom stereocenters. The summed E-state index contributed by atoms with van der Waals surface area (Å²) >= 11 is 0. The highest BCUT2D eigenvalue weighted by atomic mass is 16.4. The Hall–Kier alpha value is -1.81. The van der Waals surface area contributed by atoms with Crippen LogP contribution in [0.15, 0.2) is 36.0 Å². The van der Waals surface area contributed by atoms with Gasteiger partial charge in [-0.15, -0.1) is 0 Å². The van der Waals surface area contributed by atoms with Crippen molar-refractivity contribution in [3.8, 4) is 0 Å². The first-order valence-electron chi connectivity index (χ1n) is 7.23. The molecule has 1 fully saturated rings. The number of hydrogen-bond donors (Lipinski definition) is 2. The molecule has 106 valence electrons. The summed E-state index contributed by atoms with van der Waals surface area (Å²) in [5, 5.41) is 12.7. The van der Waals surface area contributed by atoms with Crippen LogP contribution < -0.4 is 10.2 Å². The van der Waals surface area contributed by atoms with E-state index in [2.05, 4.69) is 16.3 Å². The van der Waals surface area contributed by atoms with Crippen LogP contribution in [0.2, 0.25) is 0 Å². The maximum absolute atomic E-state index is 11.3. The molecule has 2 N–H and O–H groups in total. The zero-order valence-electron chi connectivity index (χ0n) is 11.5. The molecule has 0 saturated carbocycles. The second kappa shape index (κ2) is 5.67. The van der Waals surface area contributed by atoms with E-state index in [1.54, 1.807) is 0 Å². The van der Waals surface area contributed by atoms with Gasteiger partial charge in [-0.3, -0.25) is 0 Å². The number of aliphatic carboxylic acids is 1. The van der Waals surface area contributed by atoms with Gasteiger partial charge >= 0.3 is 5.97 Å². The third kappa shape index (κ3) is 2.70. The summed E-state index contributed by atoms with van der Waals surface area (Å²) in [6, 6.07) is 8.12. The summed E-state index contributed by atoms with van der Waals surface area (Å²) in [6.07, 6.45) is 4.67. The molecule has 1 aromatic carbocycles. The Bertz CT molecular complexity index is 533. The molecule has 0 amide bonds. The summed E-state index contributed by atoms with van der Waals surface area (Å²) in [4.78, 5) is 13.4. The van der Waals surface area contributed by atoms with E-state index < -0.39 is 5.97 Å². The number of fused-ring (bicyclic) bond motifs is 1. The van der Waals surface area contributed by atoms with Crippen LogP contribution in [0.25, 0.3) is 0 Å². The number of rotatable bonds is 3. The molecule has 3 rings (SSSR count). The van der Waals surface area contributed by atoms with Crippen LogP contribution in [0.3, 0.4) is 0 Å². The first kappa shape index (κ1) is 13.2. The highest BCUT2D eigenvalue weighted by Gasteiger charge is 2.23. The van der Waals surface area contributed by atoms with Crippen LogP contribution in [0, 0.1) is 5.92 Å². The van der Waals surface area contributed by atoms with E-state index in [4.69, 9.17) is 0 Å². The number of anilines is 1. The van der Waals surface area contributed by atoms with Crippen molar-refractivity contribution in [2.45, 2.75) is 19.3 Å². The molecule has 2 aliphatic heterocycles. The van der Waals surface area contributed by atoms with Crippen LogP contribution in [0.4, 0.5) is 5.69 Å². The fourth-order valence-electron chi connectivity index (χ4n) is 3.07. The minimum Gasteiger partial charge on any atom is -0.478 e. The van der Waals surface area contributed by atoms with Crippen LogP contribution in [-0.2, 0) is 11.2 Å². The molecular weight excluding hydrogens is 252 g/mol. The van der Waals surface area contributed by atoms with E-state index in [0.29, 0.717) is 17.9 Å². The standard InChI is InChI=1S/C16H20N2O2/c19-16(20)14-9-13-3-1-2-4-15(13)18(11-14)10-12-5-7-17-8-6-12/h1-4,11-12,17H,5-10H2,(H,19,20). The summed E-state index contributed by atoms with van der Waals surface area (Å²) in [7, 11) is 0. The highest BCUT2D eigenvalue weighted by molar-refractivity contribution is 5.89. The average Bonchev–Trinajstić information content (AvgIpc) is 2.48. The lowest BCUT2D eigenvalue weighted by Crippen LogP contribution is -2.35. The normalized spacial score (nSPS) is 19.4. The molecule has 2 aliphatic rings. The number of para-hydroxylation sites is 1. The summed E-state index contributed by atoms with van der Waals surface area (Å²) in [5.74, 6) is -0.177. The van der Waals surface area contributed by atoms with Gasteiger partial charge in [0, 0.05) is 24.9 Å². The smallest absolute Gasteiger partial charge is 0.333 e. The number of carboxylic acids is 1. The number of nitrogens with one attached hydrogen (secondary N) is 1. The maximum atomic E-state index is 11.3. The molecule has 4 nitrogen and oxygen atoms in total. The number of carboxylic acid groups (broad SMARTS) is 1. The van der Waals surface area contributed by atoms with Gasteiger partial charge in [-0.1, -0.05) is 18.2 Å². The second-order valence-electron chi connectivity index (χ2n) is 5.61. The van der Waals surface area contributed by atoms with Gasteiger partial charge in [0.1, 0.15) is 0 Å². The summed E-state index contributed by atoms with van der Waals surface area (Å²) in [5.41, 5.74) is 2.76. The van der Waals surface area contributed by atoms with Crippen molar-refractivity contribution < 1.29 is 9.90 Å². The molecule has 0 bridgehead atoms. The minimum atomic E-state index is -0.810. The Morgan fingerprint density at radius 2 is 2.05 bits per heavy atom. The van der Waals surface area contributed by atoms with Crippen molar-refractivity contribution in [2.75, 3.05) is 24.5 Å².